The molecule has 1 unspecified atom stereocenters. The number of carbonyl (C=O) groups is 2. The molecule has 0 radical (unpaired) electrons. The number of nitrogens with one attached hydrogen (secondary N) is 1. The van der Waals surface area contributed by atoms with Crippen molar-refractivity contribution in [2.24, 2.45) is 5.92 Å². The molecule has 1 atom stereocenters. The van der Waals surface area contributed by atoms with Gasteiger partial charge in [-0.3, -0.25) is 14.5 Å². The number of hydrogen-bond donors (Lipinski definition) is 1. The summed E-state index contributed by atoms with van der Waals surface area (Å²) in [6.45, 7) is 8.19. The third kappa shape index (κ3) is 4.53. The van der Waals surface area contributed by atoms with Crippen LogP contribution in [0.5, 0.6) is 0 Å². The maximum atomic E-state index is 12.5. The summed E-state index contributed by atoms with van der Waals surface area (Å²) in [4.78, 5) is 26.3. The van der Waals surface area contributed by atoms with Crippen LogP contribution < -0.4 is 10.2 Å². The van der Waals surface area contributed by atoms with E-state index in [2.05, 4.69) is 31.3 Å². The normalized spacial score (nSPS) is 16.9. The van der Waals surface area contributed by atoms with Crippen LogP contribution in [0.15, 0.2) is 42.5 Å². The van der Waals surface area contributed by atoms with Crippen LogP contribution >= 0.6 is 11.8 Å². The molecule has 1 aliphatic rings. The van der Waals surface area contributed by atoms with Gasteiger partial charge in [-0.05, 0) is 60.7 Å². The van der Waals surface area contributed by atoms with Crippen LogP contribution in [-0.4, -0.2) is 17.6 Å². The predicted molar refractivity (Wildman–Crippen MR) is 113 cm³/mol. The van der Waals surface area contributed by atoms with Crippen LogP contribution in [0.4, 0.5) is 11.4 Å². The van der Waals surface area contributed by atoms with E-state index in [1.165, 1.54) is 11.1 Å². The van der Waals surface area contributed by atoms with Gasteiger partial charge in [-0.2, -0.15) is 0 Å². The van der Waals surface area contributed by atoms with Gasteiger partial charge < -0.3 is 5.32 Å². The number of nitrogens with zero attached hydrogens (tertiary/aromatic N) is 1. The Morgan fingerprint density at radius 3 is 2.48 bits per heavy atom. The van der Waals surface area contributed by atoms with Crippen LogP contribution in [0.1, 0.15) is 42.3 Å². The Hall–Kier alpha value is -2.27. The number of rotatable bonds is 5. The monoisotopic (exact) mass is 382 g/mol. The molecule has 142 valence electrons. The van der Waals surface area contributed by atoms with Crippen molar-refractivity contribution >= 4 is 35.0 Å². The Labute approximate surface area is 165 Å². The van der Waals surface area contributed by atoms with Gasteiger partial charge in [-0.15, -0.1) is 11.8 Å². The fourth-order valence-corrected chi connectivity index (χ4v) is 4.32. The molecule has 2 aromatic rings. The van der Waals surface area contributed by atoms with Crippen molar-refractivity contribution in [3.05, 3.63) is 59.2 Å². The smallest absolute Gasteiger partial charge is 0.238 e. The molecule has 27 heavy (non-hydrogen) atoms. The number of anilines is 2. The summed E-state index contributed by atoms with van der Waals surface area (Å²) < 4.78 is 0. The minimum atomic E-state index is -0.0416. The molecule has 0 aromatic heterocycles. The Bertz CT molecular complexity index is 846. The van der Waals surface area contributed by atoms with E-state index in [9.17, 15) is 9.59 Å². The summed E-state index contributed by atoms with van der Waals surface area (Å²) in [5, 5.41) is 2.89. The maximum absolute atomic E-state index is 12.5. The minimum absolute atomic E-state index is 0.0277. The van der Waals surface area contributed by atoms with Gasteiger partial charge in [-0.25, -0.2) is 0 Å². The van der Waals surface area contributed by atoms with Crippen LogP contribution in [0.2, 0.25) is 0 Å². The average molecular weight is 383 g/mol. The lowest BCUT2D eigenvalue weighted by Crippen LogP contribution is -2.27. The van der Waals surface area contributed by atoms with E-state index < -0.39 is 0 Å². The molecule has 1 N–H and O–H groups in total. The zero-order valence-corrected chi connectivity index (χ0v) is 17.1. The molecule has 2 aromatic carbocycles. The molecular weight excluding hydrogens is 356 g/mol. The van der Waals surface area contributed by atoms with Gasteiger partial charge in [-0.1, -0.05) is 32.0 Å². The molecule has 1 fully saturated rings. The van der Waals surface area contributed by atoms with Gasteiger partial charge in [0.25, 0.3) is 0 Å². The number of benzene rings is 2. The molecular formula is C22H26N2O2S. The van der Waals surface area contributed by atoms with Crippen LogP contribution in [0, 0.1) is 19.8 Å². The third-order valence-corrected chi connectivity index (χ3v) is 5.92. The van der Waals surface area contributed by atoms with Crippen molar-refractivity contribution in [2.75, 3.05) is 16.0 Å². The topological polar surface area (TPSA) is 49.4 Å². The predicted octanol–water partition coefficient (Wildman–Crippen LogP) is 5.07. The van der Waals surface area contributed by atoms with Gasteiger partial charge in [0.15, 0.2) is 0 Å². The molecule has 4 nitrogen and oxygen atoms in total. The Balaban J connectivity index is 1.79. The molecule has 2 amide bonds. The number of amides is 2. The zero-order valence-electron chi connectivity index (χ0n) is 16.3. The highest BCUT2D eigenvalue weighted by Gasteiger charge is 2.34. The lowest BCUT2D eigenvalue weighted by Gasteiger charge is -2.25. The highest BCUT2D eigenvalue weighted by Crippen LogP contribution is 2.42. The Morgan fingerprint density at radius 2 is 1.85 bits per heavy atom. The first-order valence-electron chi connectivity index (χ1n) is 9.26. The van der Waals surface area contributed by atoms with Crippen molar-refractivity contribution in [3.8, 4) is 0 Å². The summed E-state index contributed by atoms with van der Waals surface area (Å²) in [6.07, 6.45) is 0.509. The summed E-state index contributed by atoms with van der Waals surface area (Å²) in [5.41, 5.74) is 5.19. The highest BCUT2D eigenvalue weighted by atomic mass is 32.2. The third-order valence-electron chi connectivity index (χ3n) is 4.71. The van der Waals surface area contributed by atoms with Crippen LogP contribution in [-0.2, 0) is 9.59 Å². The molecule has 0 aliphatic carbocycles. The van der Waals surface area contributed by atoms with E-state index in [1.807, 2.05) is 49.1 Å². The quantitative estimate of drug-likeness (QED) is 0.786. The van der Waals surface area contributed by atoms with E-state index in [4.69, 9.17) is 0 Å². The molecule has 0 saturated carbocycles. The highest BCUT2D eigenvalue weighted by molar-refractivity contribution is 8.00. The molecule has 0 bridgehead atoms. The van der Waals surface area contributed by atoms with Crippen molar-refractivity contribution < 1.29 is 9.59 Å². The first kappa shape index (κ1) is 19.5. The number of carbonyl (C=O) groups excluding carboxylic acids is 2. The van der Waals surface area contributed by atoms with E-state index in [0.717, 1.165) is 16.9 Å². The fourth-order valence-electron chi connectivity index (χ4n) is 3.14. The first-order chi connectivity index (χ1) is 12.8. The summed E-state index contributed by atoms with van der Waals surface area (Å²) in [7, 11) is 0. The van der Waals surface area contributed by atoms with Crippen molar-refractivity contribution in [1.82, 2.24) is 0 Å². The van der Waals surface area contributed by atoms with E-state index >= 15 is 0 Å². The molecule has 1 saturated heterocycles. The molecule has 1 aliphatic heterocycles. The number of aryl methyl sites for hydroxylation is 2. The van der Waals surface area contributed by atoms with Crippen molar-refractivity contribution in [2.45, 2.75) is 39.5 Å². The number of hydrogen-bond acceptors (Lipinski definition) is 3. The Morgan fingerprint density at radius 1 is 1.15 bits per heavy atom. The first-order valence-corrected chi connectivity index (χ1v) is 10.3. The van der Waals surface area contributed by atoms with Crippen molar-refractivity contribution in [1.29, 1.82) is 0 Å². The molecule has 5 heteroatoms. The van der Waals surface area contributed by atoms with Crippen LogP contribution in [0.3, 0.4) is 0 Å². The summed E-state index contributed by atoms with van der Waals surface area (Å²) >= 11 is 1.63. The number of thioether (sulfide) groups is 1. The second-order valence-corrected chi connectivity index (χ2v) is 8.53. The maximum Gasteiger partial charge on any atom is 0.238 e. The van der Waals surface area contributed by atoms with Gasteiger partial charge in [0.1, 0.15) is 5.37 Å². The lowest BCUT2D eigenvalue weighted by molar-refractivity contribution is -0.117. The molecule has 1 heterocycles. The van der Waals surface area contributed by atoms with Crippen LogP contribution in [0.25, 0.3) is 0 Å². The van der Waals surface area contributed by atoms with Gasteiger partial charge in [0.2, 0.25) is 11.8 Å². The van der Waals surface area contributed by atoms with Crippen molar-refractivity contribution in [3.63, 3.8) is 0 Å². The molecule has 0 spiro atoms. The van der Waals surface area contributed by atoms with E-state index in [0.29, 0.717) is 18.1 Å². The Kier molecular flexibility index (Phi) is 5.90. The SMILES string of the molecule is Cc1ccc(N2C(=O)CSC2c2ccc(NC(=O)CC(C)C)cc2)cc1C. The lowest BCUT2D eigenvalue weighted by atomic mass is 10.1. The average Bonchev–Trinajstić information content (AvgIpc) is 2.99. The standard InChI is InChI=1S/C22H26N2O2S/c1-14(2)11-20(25)23-18-8-6-17(7-9-18)22-24(21(26)13-27-22)19-10-5-15(3)16(4)12-19/h5-10,12,14,22H,11,13H2,1-4H3,(H,23,25). The zero-order chi connectivity index (χ0) is 19.6. The largest absolute Gasteiger partial charge is 0.326 e. The summed E-state index contributed by atoms with van der Waals surface area (Å²) in [6, 6.07) is 14.0. The second kappa shape index (κ2) is 8.17. The van der Waals surface area contributed by atoms with E-state index in [1.54, 1.807) is 11.8 Å². The van der Waals surface area contributed by atoms with E-state index in [-0.39, 0.29) is 17.2 Å². The summed E-state index contributed by atoms with van der Waals surface area (Å²) in [5.74, 6) is 0.962. The van der Waals surface area contributed by atoms with Gasteiger partial charge in [0, 0.05) is 17.8 Å². The second-order valence-electron chi connectivity index (χ2n) is 7.46. The fraction of sp³-hybridized carbons (Fsp3) is 0.364. The van der Waals surface area contributed by atoms with Gasteiger partial charge >= 0.3 is 0 Å². The molecule has 3 rings (SSSR count). The van der Waals surface area contributed by atoms with Gasteiger partial charge in [0.05, 0.1) is 5.75 Å². The minimum Gasteiger partial charge on any atom is -0.326 e.